The number of piperidine rings is 1. The summed E-state index contributed by atoms with van der Waals surface area (Å²) in [6, 6.07) is 1.52. The van der Waals surface area contributed by atoms with Crippen molar-refractivity contribution in [3.8, 4) is 0 Å². The molecule has 1 aliphatic heterocycles. The maximum atomic E-state index is 12.4. The summed E-state index contributed by atoms with van der Waals surface area (Å²) in [5.74, 6) is -0.126. The lowest BCUT2D eigenvalue weighted by Crippen LogP contribution is -2.51. The quantitative estimate of drug-likeness (QED) is 0.896. The van der Waals surface area contributed by atoms with Gasteiger partial charge in [-0.2, -0.15) is 0 Å². The Balaban J connectivity index is 2.14. The molecule has 0 bridgehead atoms. The van der Waals surface area contributed by atoms with Crippen molar-refractivity contribution in [3.05, 3.63) is 21.9 Å². The number of halogens is 2. The highest BCUT2D eigenvalue weighted by Gasteiger charge is 2.32. The number of aromatic nitrogens is 1. The summed E-state index contributed by atoms with van der Waals surface area (Å²) in [4.78, 5) is 16.9. The molecule has 1 aromatic heterocycles. The molecule has 3 N–H and O–H groups in total. The van der Waals surface area contributed by atoms with Gasteiger partial charge in [-0.1, -0.05) is 23.2 Å². The average Bonchev–Trinajstić information content (AvgIpc) is 2.77. The van der Waals surface area contributed by atoms with E-state index in [4.69, 9.17) is 33.7 Å². The molecular formula is C12H17Cl2N3O2. The lowest BCUT2D eigenvalue weighted by Gasteiger charge is -2.38. The summed E-state index contributed by atoms with van der Waals surface area (Å²) >= 11 is 11.7. The van der Waals surface area contributed by atoms with Crippen molar-refractivity contribution in [1.82, 2.24) is 9.88 Å². The average molecular weight is 306 g/mol. The van der Waals surface area contributed by atoms with Gasteiger partial charge in [0.2, 0.25) is 0 Å². The number of nitrogens with one attached hydrogen (secondary N) is 1. The number of nitrogens with zero attached hydrogens (tertiary/aromatic N) is 1. The molecule has 2 unspecified atom stereocenters. The number of carbonyl (C=O) groups excluding carboxylic acids is 1. The lowest BCUT2D eigenvalue weighted by molar-refractivity contribution is 0.0136. The topological polar surface area (TPSA) is 71.3 Å². The van der Waals surface area contributed by atoms with Crippen molar-refractivity contribution in [1.29, 1.82) is 0 Å². The molecule has 0 aromatic carbocycles. The van der Waals surface area contributed by atoms with Crippen LogP contribution in [0, 0.1) is 0 Å². The Labute approximate surface area is 122 Å². The number of hydrogen-bond acceptors (Lipinski definition) is 3. The second-order valence-electron chi connectivity index (χ2n) is 4.62. The minimum absolute atomic E-state index is 0.0212. The standard InChI is InChI=1S/C12H17Cl2N3O2/c1-19-8-2-3-17(7(4-8)6-15)12(18)10-5-9(13)11(14)16-10/h5,7-8,16H,2-4,6,15H2,1H3. The van der Waals surface area contributed by atoms with Gasteiger partial charge in [0.1, 0.15) is 10.8 Å². The van der Waals surface area contributed by atoms with Gasteiger partial charge in [0.05, 0.1) is 11.1 Å². The summed E-state index contributed by atoms with van der Waals surface area (Å²) in [7, 11) is 1.68. The largest absolute Gasteiger partial charge is 0.381 e. The first kappa shape index (κ1) is 14.7. The number of H-pyrrole nitrogens is 1. The van der Waals surface area contributed by atoms with Crippen LogP contribution in [0.15, 0.2) is 6.07 Å². The van der Waals surface area contributed by atoms with Crippen LogP contribution < -0.4 is 5.73 Å². The third-order valence-corrected chi connectivity index (χ3v) is 4.18. The maximum absolute atomic E-state index is 12.4. The highest BCUT2D eigenvalue weighted by molar-refractivity contribution is 6.41. The molecule has 7 heteroatoms. The van der Waals surface area contributed by atoms with Crippen LogP contribution in [0.1, 0.15) is 23.3 Å². The number of rotatable bonds is 3. The third-order valence-electron chi connectivity index (χ3n) is 3.49. The number of nitrogens with two attached hydrogens (primary N) is 1. The molecule has 1 fully saturated rings. The van der Waals surface area contributed by atoms with Gasteiger partial charge >= 0.3 is 0 Å². The van der Waals surface area contributed by atoms with Gasteiger partial charge in [-0.15, -0.1) is 0 Å². The Morgan fingerprint density at radius 2 is 2.37 bits per heavy atom. The molecule has 1 saturated heterocycles. The van der Waals surface area contributed by atoms with E-state index in [0.29, 0.717) is 23.8 Å². The fraction of sp³-hybridized carbons (Fsp3) is 0.583. The first-order valence-corrected chi connectivity index (χ1v) is 6.90. The number of amides is 1. The zero-order chi connectivity index (χ0) is 14.0. The van der Waals surface area contributed by atoms with Gasteiger partial charge in [-0.25, -0.2) is 0 Å². The van der Waals surface area contributed by atoms with Crippen molar-refractivity contribution < 1.29 is 9.53 Å². The normalized spacial score (nSPS) is 23.7. The molecule has 2 heterocycles. The fourth-order valence-electron chi connectivity index (χ4n) is 2.39. The lowest BCUT2D eigenvalue weighted by atomic mass is 9.99. The van der Waals surface area contributed by atoms with Crippen molar-refractivity contribution in [3.63, 3.8) is 0 Å². The number of ether oxygens (including phenoxy) is 1. The molecule has 1 amide bonds. The van der Waals surface area contributed by atoms with Crippen LogP contribution in [-0.2, 0) is 4.74 Å². The smallest absolute Gasteiger partial charge is 0.270 e. The van der Waals surface area contributed by atoms with Gasteiger partial charge in [0.15, 0.2) is 0 Å². The van der Waals surface area contributed by atoms with Crippen molar-refractivity contribution in [2.75, 3.05) is 20.2 Å². The van der Waals surface area contributed by atoms with Crippen LogP contribution in [-0.4, -0.2) is 48.1 Å². The first-order valence-electron chi connectivity index (χ1n) is 6.14. The van der Waals surface area contributed by atoms with Crippen LogP contribution in [0.3, 0.4) is 0 Å². The highest BCUT2D eigenvalue weighted by atomic mass is 35.5. The van der Waals surface area contributed by atoms with Crippen molar-refractivity contribution in [2.24, 2.45) is 5.73 Å². The Hall–Kier alpha value is -0.750. The first-order chi connectivity index (χ1) is 9.06. The fourth-order valence-corrected chi connectivity index (χ4v) is 2.71. The second-order valence-corrected chi connectivity index (χ2v) is 5.40. The van der Waals surface area contributed by atoms with Gasteiger partial charge < -0.3 is 20.4 Å². The number of aromatic amines is 1. The van der Waals surface area contributed by atoms with Gasteiger partial charge in [-0.05, 0) is 18.9 Å². The monoisotopic (exact) mass is 305 g/mol. The number of methoxy groups -OCH3 is 1. The minimum atomic E-state index is -0.126. The zero-order valence-electron chi connectivity index (χ0n) is 10.7. The Kier molecular flexibility index (Phi) is 4.73. The second kappa shape index (κ2) is 6.13. The maximum Gasteiger partial charge on any atom is 0.270 e. The van der Waals surface area contributed by atoms with Gasteiger partial charge in [-0.3, -0.25) is 4.79 Å². The van der Waals surface area contributed by atoms with Crippen LogP contribution >= 0.6 is 23.2 Å². The van der Waals surface area contributed by atoms with Crippen molar-refractivity contribution >= 4 is 29.1 Å². The van der Waals surface area contributed by atoms with E-state index in [9.17, 15) is 4.79 Å². The van der Waals surface area contributed by atoms with Gasteiger partial charge in [0, 0.05) is 26.2 Å². The molecule has 1 aliphatic rings. The SMILES string of the molecule is COC1CCN(C(=O)c2cc(Cl)c(Cl)[nH]2)C(CN)C1. The predicted molar refractivity (Wildman–Crippen MR) is 74.7 cm³/mol. The predicted octanol–water partition coefficient (Wildman–Crippen LogP) is 1.90. The van der Waals surface area contributed by atoms with E-state index < -0.39 is 0 Å². The molecule has 106 valence electrons. The molecule has 0 saturated carbocycles. The molecule has 0 aliphatic carbocycles. The van der Waals surface area contributed by atoms with Crippen LogP contribution in [0.2, 0.25) is 10.2 Å². The zero-order valence-corrected chi connectivity index (χ0v) is 12.2. The van der Waals surface area contributed by atoms with Crippen LogP contribution in [0.5, 0.6) is 0 Å². The van der Waals surface area contributed by atoms with E-state index in [-0.39, 0.29) is 23.2 Å². The molecule has 0 spiro atoms. The summed E-state index contributed by atoms with van der Waals surface area (Å²) in [6.07, 6.45) is 1.72. The molecular weight excluding hydrogens is 289 g/mol. The van der Waals surface area contributed by atoms with E-state index in [2.05, 4.69) is 4.98 Å². The number of carbonyl (C=O) groups is 1. The number of likely N-dealkylation sites (tertiary alicyclic amines) is 1. The van der Waals surface area contributed by atoms with Crippen LogP contribution in [0.25, 0.3) is 0 Å². The summed E-state index contributed by atoms with van der Waals surface area (Å²) in [6.45, 7) is 1.03. The van der Waals surface area contributed by atoms with E-state index in [1.54, 1.807) is 18.1 Å². The summed E-state index contributed by atoms with van der Waals surface area (Å²) < 4.78 is 5.34. The Bertz CT molecular complexity index is 444. The molecule has 2 atom stereocenters. The minimum Gasteiger partial charge on any atom is -0.381 e. The molecule has 2 rings (SSSR count). The van der Waals surface area contributed by atoms with E-state index >= 15 is 0 Å². The van der Waals surface area contributed by atoms with Crippen molar-refractivity contribution in [2.45, 2.75) is 25.0 Å². The molecule has 0 radical (unpaired) electrons. The van der Waals surface area contributed by atoms with E-state index in [0.717, 1.165) is 12.8 Å². The van der Waals surface area contributed by atoms with Crippen LogP contribution in [0.4, 0.5) is 0 Å². The summed E-state index contributed by atoms with van der Waals surface area (Å²) in [5.41, 5.74) is 6.14. The van der Waals surface area contributed by atoms with E-state index in [1.807, 2.05) is 0 Å². The highest BCUT2D eigenvalue weighted by Crippen LogP contribution is 2.25. The number of hydrogen-bond donors (Lipinski definition) is 2. The molecule has 5 nitrogen and oxygen atoms in total. The Morgan fingerprint density at radius 1 is 1.63 bits per heavy atom. The van der Waals surface area contributed by atoms with Gasteiger partial charge in [0.25, 0.3) is 5.91 Å². The Morgan fingerprint density at radius 3 is 2.89 bits per heavy atom. The third kappa shape index (κ3) is 3.05. The molecule has 19 heavy (non-hydrogen) atoms. The summed E-state index contributed by atoms with van der Waals surface area (Å²) in [5, 5.41) is 0.627. The molecule has 1 aromatic rings. The van der Waals surface area contributed by atoms with E-state index in [1.165, 1.54) is 0 Å².